The van der Waals surface area contributed by atoms with Crippen LogP contribution in [0.2, 0.25) is 0 Å². The number of fused-ring (bicyclic) bond motifs is 4. The molecule has 0 radical (unpaired) electrons. The summed E-state index contributed by atoms with van der Waals surface area (Å²) >= 11 is 0. The molecule has 2 aromatic rings. The second-order valence-corrected chi connectivity index (χ2v) is 7.17. The van der Waals surface area contributed by atoms with Crippen LogP contribution in [0.5, 0.6) is 17.2 Å². The number of nitrogens with zero attached hydrogens (tertiary/aromatic N) is 1. The summed E-state index contributed by atoms with van der Waals surface area (Å²) in [7, 11) is -3.96. The highest BCUT2D eigenvalue weighted by atomic mass is 32.2. The van der Waals surface area contributed by atoms with E-state index in [-0.39, 0.29) is 18.3 Å². The average molecular weight is 345 g/mol. The van der Waals surface area contributed by atoms with Crippen molar-refractivity contribution in [3.8, 4) is 17.2 Å². The van der Waals surface area contributed by atoms with Crippen molar-refractivity contribution < 1.29 is 26.9 Å². The molecular weight excluding hydrogens is 334 g/mol. The zero-order valence-electron chi connectivity index (χ0n) is 12.2. The first kappa shape index (κ1) is 13.8. The zero-order valence-corrected chi connectivity index (χ0v) is 13.0. The molecule has 3 aliphatic heterocycles. The first-order valence-corrected chi connectivity index (χ1v) is 8.68. The third-order valence-electron chi connectivity index (χ3n) is 4.37. The van der Waals surface area contributed by atoms with Crippen LogP contribution < -0.4 is 13.7 Å². The minimum Gasteiger partial charge on any atom is -0.454 e. The van der Waals surface area contributed by atoms with Crippen LogP contribution in [0.15, 0.2) is 42.5 Å². The fourth-order valence-electron chi connectivity index (χ4n) is 3.23. The Morgan fingerprint density at radius 2 is 1.83 bits per heavy atom. The number of benzene rings is 2. The van der Waals surface area contributed by atoms with Gasteiger partial charge in [-0.3, -0.25) is 4.79 Å². The predicted octanol–water partition coefficient (Wildman–Crippen LogP) is 1.66. The lowest BCUT2D eigenvalue weighted by atomic mass is 10.0. The Morgan fingerprint density at radius 3 is 2.71 bits per heavy atom. The van der Waals surface area contributed by atoms with Crippen LogP contribution in [0.1, 0.15) is 22.0 Å². The number of carbonyl (C=O) groups excluding carboxylic acids is 1. The number of hydrogen-bond acceptors (Lipinski definition) is 6. The Labute approximate surface area is 137 Å². The smallest absolute Gasteiger partial charge is 0.386 e. The third-order valence-corrected chi connectivity index (χ3v) is 5.74. The Morgan fingerprint density at radius 1 is 1.04 bits per heavy atom. The molecule has 0 saturated carbocycles. The second-order valence-electron chi connectivity index (χ2n) is 5.73. The molecule has 8 heteroatoms. The molecule has 1 saturated heterocycles. The zero-order chi connectivity index (χ0) is 16.5. The van der Waals surface area contributed by atoms with Gasteiger partial charge >= 0.3 is 10.3 Å². The number of carbonyl (C=O) groups is 1. The fraction of sp³-hybridized carbons (Fsp3) is 0.188. The summed E-state index contributed by atoms with van der Waals surface area (Å²) < 4.78 is 41.1. The monoisotopic (exact) mass is 345 g/mol. The van der Waals surface area contributed by atoms with E-state index in [1.165, 1.54) is 0 Å². The summed E-state index contributed by atoms with van der Waals surface area (Å²) in [6.07, 6.45) is 0. The van der Waals surface area contributed by atoms with Gasteiger partial charge in [-0.1, -0.05) is 18.2 Å². The quantitative estimate of drug-likeness (QED) is 0.608. The van der Waals surface area contributed by atoms with Crippen LogP contribution in [0, 0.1) is 0 Å². The normalized spacial score (nSPS) is 27.6. The molecule has 1 fully saturated rings. The Bertz CT molecular complexity index is 986. The van der Waals surface area contributed by atoms with Gasteiger partial charge in [0.05, 0.1) is 6.04 Å². The van der Waals surface area contributed by atoms with E-state index in [1.807, 2.05) is 0 Å². The van der Waals surface area contributed by atoms with Crippen molar-refractivity contribution >= 4 is 16.1 Å². The van der Waals surface area contributed by atoms with E-state index in [0.29, 0.717) is 22.6 Å². The molecular formula is C16H11NO6S. The van der Waals surface area contributed by atoms with Gasteiger partial charge in [0.2, 0.25) is 6.79 Å². The fourth-order valence-corrected chi connectivity index (χ4v) is 4.64. The van der Waals surface area contributed by atoms with Gasteiger partial charge in [-0.05, 0) is 24.3 Å². The summed E-state index contributed by atoms with van der Waals surface area (Å²) in [6.45, 7) is 0.112. The summed E-state index contributed by atoms with van der Waals surface area (Å²) in [5, 5.41) is 0. The molecule has 0 aliphatic carbocycles. The van der Waals surface area contributed by atoms with E-state index < -0.39 is 22.4 Å². The maximum absolute atomic E-state index is 12.8. The van der Waals surface area contributed by atoms with Crippen LogP contribution >= 0.6 is 0 Å². The van der Waals surface area contributed by atoms with Gasteiger partial charge < -0.3 is 13.7 Å². The van der Waals surface area contributed by atoms with Gasteiger partial charge in [-0.2, -0.15) is 8.42 Å². The molecule has 0 amide bonds. The van der Waals surface area contributed by atoms with Gasteiger partial charge in [0.25, 0.3) is 0 Å². The maximum atomic E-state index is 12.8. The molecule has 1 unspecified atom stereocenters. The van der Waals surface area contributed by atoms with Crippen molar-refractivity contribution in [3.63, 3.8) is 0 Å². The highest BCUT2D eigenvalue weighted by Crippen LogP contribution is 2.54. The van der Waals surface area contributed by atoms with E-state index in [1.54, 1.807) is 42.5 Å². The molecule has 122 valence electrons. The molecule has 0 bridgehead atoms. The van der Waals surface area contributed by atoms with Gasteiger partial charge in [-0.15, -0.1) is 4.31 Å². The number of ether oxygens (including phenoxy) is 2. The van der Waals surface area contributed by atoms with Gasteiger partial charge in [-0.25, -0.2) is 0 Å². The minimum atomic E-state index is -3.96. The standard InChI is InChI=1S/C16H11NO6S/c18-16(9-5-6-12-13(7-9)22-8-21-12)15-14-10-3-1-2-4-11(10)23-24(19,20)17(14)15/h1-7,14-15H,8H2/t14-,15+,17?/m1/s1. The van der Waals surface area contributed by atoms with Crippen LogP contribution in [0.3, 0.4) is 0 Å². The predicted molar refractivity (Wildman–Crippen MR) is 81.3 cm³/mol. The first-order valence-electron chi connectivity index (χ1n) is 7.32. The van der Waals surface area contributed by atoms with Crippen molar-refractivity contribution in [2.45, 2.75) is 12.1 Å². The van der Waals surface area contributed by atoms with Crippen LogP contribution in [0.4, 0.5) is 0 Å². The van der Waals surface area contributed by atoms with Crippen molar-refractivity contribution in [2.24, 2.45) is 0 Å². The lowest BCUT2D eigenvalue weighted by Crippen LogP contribution is -2.25. The summed E-state index contributed by atoms with van der Waals surface area (Å²) in [4.78, 5) is 12.8. The summed E-state index contributed by atoms with van der Waals surface area (Å²) in [5.74, 6) is 1.04. The average Bonchev–Trinajstić information content (AvgIpc) is 3.17. The number of hydrogen-bond donors (Lipinski definition) is 0. The molecule has 2 aromatic carbocycles. The van der Waals surface area contributed by atoms with Crippen LogP contribution in [0.25, 0.3) is 0 Å². The molecule has 24 heavy (non-hydrogen) atoms. The third kappa shape index (κ3) is 1.80. The molecule has 3 atom stereocenters. The first-order chi connectivity index (χ1) is 11.6. The Kier molecular flexibility index (Phi) is 2.59. The minimum absolute atomic E-state index is 0.112. The molecule has 0 spiro atoms. The topological polar surface area (TPSA) is 81.9 Å². The largest absolute Gasteiger partial charge is 0.454 e. The Balaban J connectivity index is 1.54. The molecule has 3 aliphatic rings. The van der Waals surface area contributed by atoms with E-state index >= 15 is 0 Å². The molecule has 0 aromatic heterocycles. The van der Waals surface area contributed by atoms with Gasteiger partial charge in [0.1, 0.15) is 11.8 Å². The Hall–Kier alpha value is -2.58. The number of para-hydroxylation sites is 1. The van der Waals surface area contributed by atoms with Gasteiger partial charge in [0, 0.05) is 11.1 Å². The van der Waals surface area contributed by atoms with Crippen LogP contribution in [-0.4, -0.2) is 31.3 Å². The summed E-state index contributed by atoms with van der Waals surface area (Å²) in [5.41, 5.74) is 1.08. The van der Waals surface area contributed by atoms with E-state index in [4.69, 9.17) is 13.7 Å². The highest BCUT2D eigenvalue weighted by molar-refractivity contribution is 7.85. The lowest BCUT2D eigenvalue weighted by molar-refractivity contribution is 0.0980. The van der Waals surface area contributed by atoms with Gasteiger partial charge in [0.15, 0.2) is 17.3 Å². The SMILES string of the molecule is O=C(c1ccc2c(c1)OCO2)[C@@H]1[C@H]2c3ccccc3OS(=O)(=O)N12. The molecule has 7 nitrogen and oxygen atoms in total. The maximum Gasteiger partial charge on any atom is 0.386 e. The van der Waals surface area contributed by atoms with Crippen molar-refractivity contribution in [2.75, 3.05) is 6.79 Å². The lowest BCUT2D eigenvalue weighted by Gasteiger charge is -2.15. The number of Topliss-reactive ketones (excluding diaryl/α,β-unsaturated/α-hetero) is 1. The van der Waals surface area contributed by atoms with E-state index in [2.05, 4.69) is 0 Å². The molecule has 3 heterocycles. The number of ketones is 1. The van der Waals surface area contributed by atoms with E-state index in [0.717, 1.165) is 4.31 Å². The molecule has 0 N–H and O–H groups in total. The van der Waals surface area contributed by atoms with Crippen molar-refractivity contribution in [3.05, 3.63) is 53.6 Å². The second kappa shape index (κ2) is 4.49. The highest BCUT2D eigenvalue weighted by Gasteiger charge is 2.64. The summed E-state index contributed by atoms with van der Waals surface area (Å²) in [6, 6.07) is 10.4. The molecule has 5 rings (SSSR count). The van der Waals surface area contributed by atoms with E-state index in [9.17, 15) is 13.2 Å². The van der Waals surface area contributed by atoms with Crippen molar-refractivity contribution in [1.29, 1.82) is 0 Å². The van der Waals surface area contributed by atoms with Crippen LogP contribution in [-0.2, 0) is 10.3 Å². The number of rotatable bonds is 2. The van der Waals surface area contributed by atoms with Crippen molar-refractivity contribution in [1.82, 2.24) is 4.31 Å².